The minimum atomic E-state index is 0.185. The normalized spacial score (nSPS) is 17.8. The van der Waals surface area contributed by atoms with Crippen molar-refractivity contribution < 1.29 is 4.79 Å². The summed E-state index contributed by atoms with van der Waals surface area (Å²) in [6.45, 7) is 4.30. The maximum absolute atomic E-state index is 12.6. The molecule has 2 fully saturated rings. The van der Waals surface area contributed by atoms with Crippen LogP contribution in [0.4, 0.5) is 0 Å². The number of carbonyl (C=O) groups is 1. The van der Waals surface area contributed by atoms with Gasteiger partial charge < -0.3 is 10.2 Å². The Morgan fingerprint density at radius 1 is 1.42 bits per heavy atom. The number of carbonyl (C=O) groups excluding carboxylic acids is 1. The molecule has 1 aliphatic carbocycles. The molecule has 3 rings (SSSR count). The minimum absolute atomic E-state index is 0.185. The Kier molecular flexibility index (Phi) is 3.34. The van der Waals surface area contributed by atoms with Gasteiger partial charge in [-0.3, -0.25) is 9.78 Å². The molecule has 0 radical (unpaired) electrons. The maximum Gasteiger partial charge on any atom is 0.250 e. The summed E-state index contributed by atoms with van der Waals surface area (Å²) in [5, 5.41) is 3.19. The monoisotopic (exact) mass is 257 g/mol. The summed E-state index contributed by atoms with van der Waals surface area (Å²) < 4.78 is 0. The number of rotatable bonds is 4. The van der Waals surface area contributed by atoms with Crippen LogP contribution in [-0.4, -0.2) is 34.9 Å². The molecular weight excluding hydrogens is 238 g/mol. The number of nitrogens with one attached hydrogen (secondary N) is 1. The van der Waals surface area contributed by atoms with Crippen molar-refractivity contribution in [1.29, 1.82) is 0 Å². The largest absolute Gasteiger partial charge is 0.330 e. The zero-order valence-electron chi connectivity index (χ0n) is 11.2. The Balaban J connectivity index is 1.76. The number of aromatic nitrogens is 1. The van der Waals surface area contributed by atoms with Crippen LogP contribution in [0, 0.1) is 0 Å². The van der Waals surface area contributed by atoms with Gasteiger partial charge in [0.2, 0.25) is 5.91 Å². The fraction of sp³-hybridized carbons (Fsp3) is 0.467. The van der Waals surface area contributed by atoms with Crippen LogP contribution in [0.1, 0.15) is 25.5 Å². The average molecular weight is 257 g/mol. The van der Waals surface area contributed by atoms with E-state index in [4.69, 9.17) is 0 Å². The Morgan fingerprint density at radius 3 is 2.74 bits per heavy atom. The van der Waals surface area contributed by atoms with Crippen molar-refractivity contribution in [2.24, 2.45) is 0 Å². The van der Waals surface area contributed by atoms with E-state index in [2.05, 4.69) is 10.3 Å². The van der Waals surface area contributed by atoms with Crippen LogP contribution in [0.3, 0.4) is 0 Å². The van der Waals surface area contributed by atoms with Crippen LogP contribution in [0.5, 0.6) is 0 Å². The first kappa shape index (κ1) is 12.4. The molecule has 0 atom stereocenters. The second-order valence-electron chi connectivity index (χ2n) is 5.32. The first-order valence-electron chi connectivity index (χ1n) is 6.86. The third kappa shape index (κ3) is 2.68. The Hall–Kier alpha value is -1.68. The summed E-state index contributed by atoms with van der Waals surface area (Å²) in [5.74, 6) is 0.185. The predicted octanol–water partition coefficient (Wildman–Crippen LogP) is 1.49. The van der Waals surface area contributed by atoms with Crippen molar-refractivity contribution in [1.82, 2.24) is 15.2 Å². The van der Waals surface area contributed by atoms with E-state index in [1.54, 1.807) is 6.20 Å². The lowest BCUT2D eigenvalue weighted by atomic mass is 10.0. The molecule has 100 valence electrons. The topological polar surface area (TPSA) is 45.2 Å². The number of amides is 1. The molecule has 1 aromatic heterocycles. The highest BCUT2D eigenvalue weighted by atomic mass is 16.2. The van der Waals surface area contributed by atoms with E-state index in [0.29, 0.717) is 12.6 Å². The zero-order chi connectivity index (χ0) is 13.2. The molecule has 0 unspecified atom stereocenters. The molecule has 1 saturated heterocycles. The molecule has 0 spiro atoms. The second kappa shape index (κ2) is 5.13. The van der Waals surface area contributed by atoms with E-state index in [-0.39, 0.29) is 5.91 Å². The van der Waals surface area contributed by atoms with Crippen LogP contribution in [-0.2, 0) is 11.3 Å². The van der Waals surface area contributed by atoms with Gasteiger partial charge in [-0.15, -0.1) is 0 Å². The van der Waals surface area contributed by atoms with Gasteiger partial charge in [0.25, 0.3) is 0 Å². The summed E-state index contributed by atoms with van der Waals surface area (Å²) in [7, 11) is 0. The molecule has 1 aromatic rings. The molecule has 0 aromatic carbocycles. The number of hydrogen-bond acceptors (Lipinski definition) is 3. The van der Waals surface area contributed by atoms with E-state index in [1.165, 1.54) is 5.57 Å². The van der Waals surface area contributed by atoms with Gasteiger partial charge in [0.1, 0.15) is 0 Å². The van der Waals surface area contributed by atoms with E-state index < -0.39 is 0 Å². The fourth-order valence-electron chi connectivity index (χ4n) is 2.30. The lowest BCUT2D eigenvalue weighted by Crippen LogP contribution is -2.39. The van der Waals surface area contributed by atoms with Crippen molar-refractivity contribution in [3.63, 3.8) is 0 Å². The van der Waals surface area contributed by atoms with Crippen molar-refractivity contribution in [2.75, 3.05) is 13.1 Å². The second-order valence-corrected chi connectivity index (χ2v) is 5.32. The molecule has 1 N–H and O–H groups in total. The molecule has 0 bridgehead atoms. The summed E-state index contributed by atoms with van der Waals surface area (Å²) in [5.41, 5.74) is 3.13. The highest BCUT2D eigenvalue weighted by Crippen LogP contribution is 2.30. The van der Waals surface area contributed by atoms with Gasteiger partial charge in [0, 0.05) is 30.9 Å². The Labute approximate surface area is 113 Å². The lowest BCUT2D eigenvalue weighted by Gasteiger charge is -2.27. The van der Waals surface area contributed by atoms with Crippen LogP contribution >= 0.6 is 0 Å². The van der Waals surface area contributed by atoms with Gasteiger partial charge in [-0.05, 0) is 37.5 Å². The molecule has 4 nitrogen and oxygen atoms in total. The Morgan fingerprint density at radius 2 is 2.21 bits per heavy atom. The van der Waals surface area contributed by atoms with Crippen molar-refractivity contribution in [2.45, 2.75) is 32.4 Å². The van der Waals surface area contributed by atoms with Crippen LogP contribution < -0.4 is 5.32 Å². The Bertz CT molecular complexity index is 499. The molecule has 1 amide bonds. The first-order valence-corrected chi connectivity index (χ1v) is 6.86. The third-order valence-electron chi connectivity index (χ3n) is 3.83. The SMILES string of the molecule is CC(C(=O)N(Cc1ccccn1)C1CC1)=C1CNC1. The molecule has 2 aliphatic rings. The zero-order valence-corrected chi connectivity index (χ0v) is 11.2. The van der Waals surface area contributed by atoms with Crippen molar-refractivity contribution in [3.8, 4) is 0 Å². The van der Waals surface area contributed by atoms with E-state index in [9.17, 15) is 4.79 Å². The third-order valence-corrected chi connectivity index (χ3v) is 3.83. The molecule has 2 heterocycles. The van der Waals surface area contributed by atoms with Gasteiger partial charge in [0.05, 0.1) is 12.2 Å². The highest BCUT2D eigenvalue weighted by molar-refractivity contribution is 5.94. The summed E-state index contributed by atoms with van der Waals surface area (Å²) in [6.07, 6.45) is 4.03. The fourth-order valence-corrected chi connectivity index (χ4v) is 2.30. The number of nitrogens with zero attached hydrogens (tertiary/aromatic N) is 2. The molecule has 19 heavy (non-hydrogen) atoms. The summed E-state index contributed by atoms with van der Waals surface area (Å²) >= 11 is 0. The first-order chi connectivity index (χ1) is 9.25. The van der Waals surface area contributed by atoms with E-state index in [1.807, 2.05) is 30.0 Å². The van der Waals surface area contributed by atoms with Crippen molar-refractivity contribution in [3.05, 3.63) is 41.2 Å². The van der Waals surface area contributed by atoms with Gasteiger partial charge in [0.15, 0.2) is 0 Å². The van der Waals surface area contributed by atoms with Crippen LogP contribution in [0.2, 0.25) is 0 Å². The quantitative estimate of drug-likeness (QED) is 0.831. The highest BCUT2D eigenvalue weighted by Gasteiger charge is 2.34. The average Bonchev–Trinajstić information content (AvgIpc) is 3.18. The number of pyridine rings is 1. The van der Waals surface area contributed by atoms with Crippen LogP contribution in [0.15, 0.2) is 35.5 Å². The smallest absolute Gasteiger partial charge is 0.250 e. The molecule has 1 saturated carbocycles. The predicted molar refractivity (Wildman–Crippen MR) is 73.4 cm³/mol. The minimum Gasteiger partial charge on any atom is -0.330 e. The molecule has 1 aliphatic heterocycles. The van der Waals surface area contributed by atoms with Gasteiger partial charge in [-0.1, -0.05) is 6.07 Å². The van der Waals surface area contributed by atoms with Crippen molar-refractivity contribution >= 4 is 5.91 Å². The molecule has 4 heteroatoms. The molecular formula is C15H19N3O. The van der Waals surface area contributed by atoms with E-state index >= 15 is 0 Å². The number of hydrogen-bond donors (Lipinski definition) is 1. The summed E-state index contributed by atoms with van der Waals surface area (Å²) in [6, 6.07) is 6.27. The van der Waals surface area contributed by atoms with Gasteiger partial charge in [-0.25, -0.2) is 0 Å². The maximum atomic E-state index is 12.6. The van der Waals surface area contributed by atoms with Gasteiger partial charge >= 0.3 is 0 Å². The van der Waals surface area contributed by atoms with Gasteiger partial charge in [-0.2, -0.15) is 0 Å². The van der Waals surface area contributed by atoms with Crippen LogP contribution in [0.25, 0.3) is 0 Å². The lowest BCUT2D eigenvalue weighted by molar-refractivity contribution is -0.128. The summed E-state index contributed by atoms with van der Waals surface area (Å²) in [4.78, 5) is 18.9. The standard InChI is InChI=1S/C15H19N3O/c1-11(12-8-16-9-12)15(19)18(14-5-6-14)10-13-4-2-3-7-17-13/h2-4,7,14,16H,5-6,8-10H2,1H3. The van der Waals surface area contributed by atoms with E-state index in [0.717, 1.165) is 37.2 Å².